The lowest BCUT2D eigenvalue weighted by molar-refractivity contribution is 0.885. The molecule has 1 heterocycles. The maximum atomic E-state index is 4.51. The molecule has 0 saturated carbocycles. The number of aromatic nitrogens is 3. The van der Waals surface area contributed by atoms with Crippen molar-refractivity contribution in [2.24, 2.45) is 0 Å². The first kappa shape index (κ1) is 17.6. The van der Waals surface area contributed by atoms with Crippen LogP contribution in [0.1, 0.15) is 16.7 Å². The second-order valence-electron chi connectivity index (χ2n) is 6.62. The van der Waals surface area contributed by atoms with Gasteiger partial charge in [-0.1, -0.05) is 89.6 Å². The molecular weight excluding hydrogens is 350 g/mol. The monoisotopic (exact) mass is 371 g/mol. The summed E-state index contributed by atoms with van der Waals surface area (Å²) in [6, 6.07) is 27.3. The zero-order valence-corrected chi connectivity index (χ0v) is 16.3. The van der Waals surface area contributed by atoms with Crippen LogP contribution >= 0.6 is 11.8 Å². The summed E-state index contributed by atoms with van der Waals surface area (Å²) >= 11 is 1.71. The Balaban J connectivity index is 1.73. The summed E-state index contributed by atoms with van der Waals surface area (Å²) in [4.78, 5) is 0. The van der Waals surface area contributed by atoms with Crippen molar-refractivity contribution in [3.05, 3.63) is 95.6 Å². The third-order valence-electron chi connectivity index (χ3n) is 4.41. The molecule has 4 aromatic rings. The van der Waals surface area contributed by atoms with Gasteiger partial charge in [0.2, 0.25) is 0 Å². The van der Waals surface area contributed by atoms with Crippen molar-refractivity contribution in [2.45, 2.75) is 24.8 Å². The summed E-state index contributed by atoms with van der Waals surface area (Å²) in [5.74, 6) is 1.73. The first-order valence-electron chi connectivity index (χ1n) is 8.97. The summed E-state index contributed by atoms with van der Waals surface area (Å²) < 4.78 is 2.15. The van der Waals surface area contributed by atoms with Crippen LogP contribution in [0.25, 0.3) is 17.1 Å². The molecule has 0 atom stereocenters. The largest absolute Gasteiger partial charge is 0.270 e. The van der Waals surface area contributed by atoms with Crippen molar-refractivity contribution >= 4 is 11.8 Å². The van der Waals surface area contributed by atoms with Crippen LogP contribution in [0.3, 0.4) is 0 Å². The average Bonchev–Trinajstić information content (AvgIpc) is 3.12. The van der Waals surface area contributed by atoms with E-state index in [1.165, 1.54) is 16.7 Å². The maximum Gasteiger partial charge on any atom is 0.196 e. The van der Waals surface area contributed by atoms with E-state index in [1.807, 2.05) is 18.2 Å². The predicted octanol–water partition coefficient (Wildman–Crippen LogP) is 5.84. The van der Waals surface area contributed by atoms with Crippen LogP contribution < -0.4 is 0 Å². The Labute approximate surface area is 164 Å². The molecular formula is C23H21N3S. The van der Waals surface area contributed by atoms with Crippen LogP contribution in [0.15, 0.2) is 84.0 Å². The minimum atomic E-state index is 0.862. The molecule has 0 N–H and O–H groups in total. The van der Waals surface area contributed by atoms with E-state index in [4.69, 9.17) is 0 Å². The van der Waals surface area contributed by atoms with E-state index in [1.54, 1.807) is 11.8 Å². The highest BCUT2D eigenvalue weighted by molar-refractivity contribution is 7.98. The molecule has 3 aromatic carbocycles. The molecule has 0 bridgehead atoms. The molecule has 27 heavy (non-hydrogen) atoms. The van der Waals surface area contributed by atoms with E-state index >= 15 is 0 Å². The Bertz CT molecular complexity index is 1040. The van der Waals surface area contributed by atoms with Gasteiger partial charge in [-0.25, -0.2) is 0 Å². The number of hydrogen-bond donors (Lipinski definition) is 0. The second-order valence-corrected chi connectivity index (χ2v) is 7.56. The van der Waals surface area contributed by atoms with Crippen molar-refractivity contribution in [1.29, 1.82) is 0 Å². The van der Waals surface area contributed by atoms with Gasteiger partial charge in [0.15, 0.2) is 11.0 Å². The Morgan fingerprint density at radius 1 is 0.778 bits per heavy atom. The first-order chi connectivity index (χ1) is 13.2. The second kappa shape index (κ2) is 7.80. The Kier molecular flexibility index (Phi) is 5.07. The number of benzene rings is 3. The quantitative estimate of drug-likeness (QED) is 0.413. The highest BCUT2D eigenvalue weighted by atomic mass is 32.2. The molecule has 0 aliphatic rings. The molecule has 0 spiro atoms. The number of rotatable bonds is 5. The standard InChI is InChI=1S/C23H21N3S/c1-17-11-13-21(14-12-17)26-22(20-9-4-3-5-10-20)24-25-23(26)27-16-19-8-6-7-18(2)15-19/h3-15H,16H2,1-2H3. The summed E-state index contributed by atoms with van der Waals surface area (Å²) in [7, 11) is 0. The highest BCUT2D eigenvalue weighted by Gasteiger charge is 2.16. The van der Waals surface area contributed by atoms with Gasteiger partial charge in [0.25, 0.3) is 0 Å². The van der Waals surface area contributed by atoms with E-state index in [0.29, 0.717) is 0 Å². The SMILES string of the molecule is Cc1ccc(-n2c(SCc3cccc(C)c3)nnc2-c2ccccc2)cc1. The molecule has 3 nitrogen and oxygen atoms in total. The summed E-state index contributed by atoms with van der Waals surface area (Å²) in [5.41, 5.74) is 5.95. The van der Waals surface area contributed by atoms with Gasteiger partial charge in [-0.2, -0.15) is 0 Å². The minimum Gasteiger partial charge on any atom is -0.270 e. The normalized spacial score (nSPS) is 10.9. The smallest absolute Gasteiger partial charge is 0.196 e. The number of nitrogens with zero attached hydrogens (tertiary/aromatic N) is 3. The van der Waals surface area contributed by atoms with E-state index in [-0.39, 0.29) is 0 Å². The van der Waals surface area contributed by atoms with Crippen molar-refractivity contribution in [3.8, 4) is 17.1 Å². The van der Waals surface area contributed by atoms with Crippen LogP contribution in [0.4, 0.5) is 0 Å². The third kappa shape index (κ3) is 3.96. The summed E-state index contributed by atoms with van der Waals surface area (Å²) in [5, 5.41) is 9.91. The molecule has 4 heteroatoms. The zero-order chi connectivity index (χ0) is 18.6. The van der Waals surface area contributed by atoms with Gasteiger partial charge in [-0.05, 0) is 31.5 Å². The van der Waals surface area contributed by atoms with Crippen molar-refractivity contribution in [1.82, 2.24) is 14.8 Å². The van der Waals surface area contributed by atoms with Crippen molar-refractivity contribution < 1.29 is 0 Å². The lowest BCUT2D eigenvalue weighted by atomic mass is 10.2. The molecule has 0 aliphatic heterocycles. The fraction of sp³-hybridized carbons (Fsp3) is 0.130. The number of aryl methyl sites for hydroxylation is 2. The molecule has 134 valence electrons. The van der Waals surface area contributed by atoms with Crippen LogP contribution in [-0.4, -0.2) is 14.8 Å². The number of hydrogen-bond acceptors (Lipinski definition) is 3. The first-order valence-corrected chi connectivity index (χ1v) is 9.95. The van der Waals surface area contributed by atoms with Gasteiger partial charge < -0.3 is 0 Å². The summed E-state index contributed by atoms with van der Waals surface area (Å²) in [6.07, 6.45) is 0. The number of thioether (sulfide) groups is 1. The predicted molar refractivity (Wildman–Crippen MR) is 112 cm³/mol. The third-order valence-corrected chi connectivity index (χ3v) is 5.41. The molecule has 0 aliphatic carbocycles. The summed E-state index contributed by atoms with van der Waals surface area (Å²) in [6.45, 7) is 4.22. The van der Waals surface area contributed by atoms with E-state index in [2.05, 4.69) is 89.3 Å². The fourth-order valence-electron chi connectivity index (χ4n) is 3.01. The van der Waals surface area contributed by atoms with Gasteiger partial charge in [0.05, 0.1) is 0 Å². The molecule has 0 radical (unpaired) electrons. The Morgan fingerprint density at radius 2 is 1.56 bits per heavy atom. The molecule has 1 aromatic heterocycles. The lowest BCUT2D eigenvalue weighted by Crippen LogP contribution is -2.00. The van der Waals surface area contributed by atoms with Gasteiger partial charge in [0, 0.05) is 17.0 Å². The average molecular weight is 372 g/mol. The van der Waals surface area contributed by atoms with Gasteiger partial charge in [0.1, 0.15) is 0 Å². The van der Waals surface area contributed by atoms with Crippen LogP contribution in [0.2, 0.25) is 0 Å². The Hall–Kier alpha value is -2.85. The minimum absolute atomic E-state index is 0.862. The van der Waals surface area contributed by atoms with Gasteiger partial charge in [-0.3, -0.25) is 4.57 Å². The van der Waals surface area contributed by atoms with Gasteiger partial charge >= 0.3 is 0 Å². The van der Waals surface area contributed by atoms with Crippen molar-refractivity contribution in [2.75, 3.05) is 0 Å². The topological polar surface area (TPSA) is 30.7 Å². The molecule has 0 saturated heterocycles. The van der Waals surface area contributed by atoms with Crippen LogP contribution in [0.5, 0.6) is 0 Å². The lowest BCUT2D eigenvalue weighted by Gasteiger charge is -2.11. The van der Waals surface area contributed by atoms with E-state index < -0.39 is 0 Å². The zero-order valence-electron chi connectivity index (χ0n) is 15.5. The molecule has 4 rings (SSSR count). The van der Waals surface area contributed by atoms with Gasteiger partial charge in [-0.15, -0.1) is 10.2 Å². The van der Waals surface area contributed by atoms with Crippen LogP contribution in [-0.2, 0) is 5.75 Å². The van der Waals surface area contributed by atoms with E-state index in [0.717, 1.165) is 28.0 Å². The van der Waals surface area contributed by atoms with E-state index in [9.17, 15) is 0 Å². The molecule has 0 amide bonds. The highest BCUT2D eigenvalue weighted by Crippen LogP contribution is 2.30. The van der Waals surface area contributed by atoms with Crippen molar-refractivity contribution in [3.63, 3.8) is 0 Å². The molecule has 0 fully saturated rings. The maximum absolute atomic E-state index is 4.51. The fourth-order valence-corrected chi connectivity index (χ4v) is 3.91. The van der Waals surface area contributed by atoms with Crippen LogP contribution in [0, 0.1) is 13.8 Å². The molecule has 0 unspecified atom stereocenters. The Morgan fingerprint density at radius 3 is 2.30 bits per heavy atom.